The Morgan fingerprint density at radius 1 is 1.26 bits per heavy atom. The second-order valence-corrected chi connectivity index (χ2v) is 4.53. The minimum atomic E-state index is -0.469. The van der Waals surface area contributed by atoms with Gasteiger partial charge in [-0.05, 0) is 30.7 Å². The molecule has 2 rings (SSSR count). The van der Waals surface area contributed by atoms with Gasteiger partial charge in [-0.25, -0.2) is 4.39 Å². The van der Waals surface area contributed by atoms with Crippen LogP contribution in [0.2, 0.25) is 5.02 Å². The van der Waals surface area contributed by atoms with Gasteiger partial charge in [-0.3, -0.25) is 0 Å². The van der Waals surface area contributed by atoms with Crippen molar-refractivity contribution in [3.8, 4) is 5.75 Å². The van der Waals surface area contributed by atoms with E-state index in [4.69, 9.17) is 22.1 Å². The van der Waals surface area contributed by atoms with Crippen molar-refractivity contribution in [1.29, 1.82) is 0 Å². The maximum atomic E-state index is 13.5. The molecule has 1 unspecified atom stereocenters. The van der Waals surface area contributed by atoms with Crippen molar-refractivity contribution in [3.63, 3.8) is 0 Å². The summed E-state index contributed by atoms with van der Waals surface area (Å²) >= 11 is 5.67. The highest BCUT2D eigenvalue weighted by Gasteiger charge is 2.15. The molecule has 0 aliphatic heterocycles. The Hall–Kier alpha value is -1.58. The van der Waals surface area contributed by atoms with Crippen LogP contribution in [0.3, 0.4) is 0 Å². The molecule has 0 fully saturated rings. The van der Waals surface area contributed by atoms with Crippen LogP contribution in [-0.2, 0) is 0 Å². The van der Waals surface area contributed by atoms with Gasteiger partial charge in [0, 0.05) is 5.56 Å². The maximum Gasteiger partial charge on any atom is 0.142 e. The summed E-state index contributed by atoms with van der Waals surface area (Å²) in [4.78, 5) is 0. The van der Waals surface area contributed by atoms with E-state index in [1.807, 2.05) is 31.2 Å². The third kappa shape index (κ3) is 3.06. The van der Waals surface area contributed by atoms with Crippen LogP contribution in [0.4, 0.5) is 4.39 Å². The molecule has 100 valence electrons. The lowest BCUT2D eigenvalue weighted by molar-refractivity contribution is 0.335. The average Bonchev–Trinajstić information content (AvgIpc) is 2.42. The molecule has 0 amide bonds. The lowest BCUT2D eigenvalue weighted by Crippen LogP contribution is -2.13. The van der Waals surface area contributed by atoms with Gasteiger partial charge in [-0.2, -0.15) is 0 Å². The molecule has 2 aromatic rings. The Balaban J connectivity index is 2.37. The highest BCUT2D eigenvalue weighted by Crippen LogP contribution is 2.29. The minimum Gasteiger partial charge on any atom is -0.494 e. The van der Waals surface area contributed by atoms with E-state index in [2.05, 4.69) is 0 Å². The highest BCUT2D eigenvalue weighted by atomic mass is 35.5. The summed E-state index contributed by atoms with van der Waals surface area (Å²) in [6.07, 6.45) is 0. The van der Waals surface area contributed by atoms with E-state index in [-0.39, 0.29) is 5.02 Å². The van der Waals surface area contributed by atoms with Gasteiger partial charge in [0.05, 0.1) is 17.7 Å². The fourth-order valence-corrected chi connectivity index (χ4v) is 2.03. The number of hydrogen-bond acceptors (Lipinski definition) is 2. The van der Waals surface area contributed by atoms with Gasteiger partial charge < -0.3 is 10.5 Å². The molecule has 2 N–H and O–H groups in total. The second-order valence-electron chi connectivity index (χ2n) is 4.12. The van der Waals surface area contributed by atoms with Gasteiger partial charge in [0.1, 0.15) is 11.6 Å². The Kier molecular flexibility index (Phi) is 4.40. The molecule has 19 heavy (non-hydrogen) atoms. The topological polar surface area (TPSA) is 35.2 Å². The summed E-state index contributed by atoms with van der Waals surface area (Å²) in [5.41, 5.74) is 7.66. The number of nitrogens with two attached hydrogens (primary N) is 1. The first-order chi connectivity index (χ1) is 9.13. The standard InChI is InChI=1S/C15H15ClFNO/c1-2-19-14-6-4-3-5-11(14)15(18)10-7-8-12(16)13(17)9-10/h3-9,15H,2,18H2,1H3. The first-order valence-electron chi connectivity index (χ1n) is 6.05. The number of para-hydroxylation sites is 1. The number of ether oxygens (including phenoxy) is 1. The first-order valence-corrected chi connectivity index (χ1v) is 6.43. The van der Waals surface area contributed by atoms with E-state index in [1.54, 1.807) is 6.07 Å². The molecule has 0 saturated heterocycles. The largest absolute Gasteiger partial charge is 0.494 e. The average molecular weight is 280 g/mol. The molecule has 0 aromatic heterocycles. The summed E-state index contributed by atoms with van der Waals surface area (Å²) in [5, 5.41) is 0.0917. The zero-order valence-corrected chi connectivity index (χ0v) is 11.3. The summed E-state index contributed by atoms with van der Waals surface area (Å²) < 4.78 is 19.0. The summed E-state index contributed by atoms with van der Waals surface area (Å²) in [6.45, 7) is 2.46. The predicted molar refractivity (Wildman–Crippen MR) is 75.1 cm³/mol. The van der Waals surface area contributed by atoms with Gasteiger partial charge in [0.15, 0.2) is 0 Å². The molecule has 1 atom stereocenters. The molecular formula is C15H15ClFNO. The monoisotopic (exact) mass is 279 g/mol. The normalized spacial score (nSPS) is 12.2. The molecule has 4 heteroatoms. The van der Waals surface area contributed by atoms with Crippen molar-refractivity contribution in [1.82, 2.24) is 0 Å². The third-order valence-corrected chi connectivity index (χ3v) is 3.16. The zero-order valence-electron chi connectivity index (χ0n) is 10.6. The molecule has 0 aliphatic rings. The van der Waals surface area contributed by atoms with Crippen LogP contribution < -0.4 is 10.5 Å². The number of benzene rings is 2. The number of hydrogen-bond donors (Lipinski definition) is 1. The van der Waals surface area contributed by atoms with Crippen LogP contribution in [0.15, 0.2) is 42.5 Å². The molecule has 0 radical (unpaired) electrons. The van der Waals surface area contributed by atoms with E-state index in [0.29, 0.717) is 17.9 Å². The van der Waals surface area contributed by atoms with Gasteiger partial charge in [0.2, 0.25) is 0 Å². The maximum absolute atomic E-state index is 13.5. The summed E-state index contributed by atoms with van der Waals surface area (Å²) in [5.74, 6) is 0.247. The van der Waals surface area contributed by atoms with Crippen LogP contribution >= 0.6 is 11.6 Å². The lowest BCUT2D eigenvalue weighted by Gasteiger charge is -2.17. The number of halogens is 2. The predicted octanol–water partition coefficient (Wildman–Crippen LogP) is 3.93. The SMILES string of the molecule is CCOc1ccccc1C(N)c1ccc(Cl)c(F)c1. The van der Waals surface area contributed by atoms with E-state index >= 15 is 0 Å². The van der Waals surface area contributed by atoms with Crippen LogP contribution in [0.5, 0.6) is 5.75 Å². The van der Waals surface area contributed by atoms with Gasteiger partial charge in [-0.15, -0.1) is 0 Å². The lowest BCUT2D eigenvalue weighted by atomic mass is 9.98. The molecule has 2 aromatic carbocycles. The quantitative estimate of drug-likeness (QED) is 0.920. The van der Waals surface area contributed by atoms with Crippen molar-refractivity contribution in [2.24, 2.45) is 5.73 Å². The zero-order chi connectivity index (χ0) is 13.8. The summed E-state index contributed by atoms with van der Waals surface area (Å²) in [7, 11) is 0. The molecular weight excluding hydrogens is 265 g/mol. The van der Waals surface area contributed by atoms with Crippen LogP contribution in [-0.4, -0.2) is 6.61 Å². The van der Waals surface area contributed by atoms with Crippen molar-refractivity contribution in [3.05, 3.63) is 64.4 Å². The van der Waals surface area contributed by atoms with Crippen molar-refractivity contribution in [2.75, 3.05) is 6.61 Å². The van der Waals surface area contributed by atoms with E-state index < -0.39 is 11.9 Å². The van der Waals surface area contributed by atoms with Crippen LogP contribution in [0, 0.1) is 5.82 Å². The fraction of sp³-hybridized carbons (Fsp3) is 0.200. The molecule has 0 heterocycles. The van der Waals surface area contributed by atoms with E-state index in [9.17, 15) is 4.39 Å². The Morgan fingerprint density at radius 3 is 2.68 bits per heavy atom. The van der Waals surface area contributed by atoms with Gasteiger partial charge in [0.25, 0.3) is 0 Å². The van der Waals surface area contributed by atoms with Crippen LogP contribution in [0.1, 0.15) is 24.1 Å². The Bertz CT molecular complexity index is 574. The van der Waals surface area contributed by atoms with E-state index in [1.165, 1.54) is 12.1 Å². The Labute approximate surface area is 117 Å². The van der Waals surface area contributed by atoms with Crippen molar-refractivity contribution < 1.29 is 9.13 Å². The molecule has 2 nitrogen and oxygen atoms in total. The highest BCUT2D eigenvalue weighted by molar-refractivity contribution is 6.30. The van der Waals surface area contributed by atoms with Gasteiger partial charge >= 0.3 is 0 Å². The molecule has 0 saturated carbocycles. The van der Waals surface area contributed by atoms with Crippen LogP contribution in [0.25, 0.3) is 0 Å². The minimum absolute atomic E-state index is 0.0917. The Morgan fingerprint density at radius 2 is 2.00 bits per heavy atom. The molecule has 0 aliphatic carbocycles. The first kappa shape index (κ1) is 13.8. The third-order valence-electron chi connectivity index (χ3n) is 2.86. The number of rotatable bonds is 4. The second kappa shape index (κ2) is 6.04. The van der Waals surface area contributed by atoms with E-state index in [0.717, 1.165) is 5.56 Å². The molecule has 0 spiro atoms. The fourth-order valence-electron chi connectivity index (χ4n) is 1.91. The smallest absolute Gasteiger partial charge is 0.142 e. The molecule has 0 bridgehead atoms. The van der Waals surface area contributed by atoms with Gasteiger partial charge in [-0.1, -0.05) is 35.9 Å². The van der Waals surface area contributed by atoms with Crippen molar-refractivity contribution in [2.45, 2.75) is 13.0 Å². The van der Waals surface area contributed by atoms with Crippen molar-refractivity contribution >= 4 is 11.6 Å². The summed E-state index contributed by atoms with van der Waals surface area (Å²) in [6, 6.07) is 11.6.